The van der Waals surface area contributed by atoms with E-state index >= 15 is 0 Å². The fourth-order valence-corrected chi connectivity index (χ4v) is 4.31. The second kappa shape index (κ2) is 10.7. The van der Waals surface area contributed by atoms with E-state index in [0.29, 0.717) is 11.3 Å². The Kier molecular flexibility index (Phi) is 7.79. The molecular weight excluding hydrogens is 466 g/mol. The SMILES string of the molecule is N#Cc1cccc(NC(=O)COC(=O)c2ccc(Cl)c(S(=O)(=O)NCc3ccccc3)c2)c1. The Hall–Kier alpha value is -3.71. The average molecular weight is 484 g/mol. The molecule has 0 heterocycles. The van der Waals surface area contributed by atoms with Crippen molar-refractivity contribution in [2.45, 2.75) is 11.4 Å². The van der Waals surface area contributed by atoms with Gasteiger partial charge in [0.15, 0.2) is 6.61 Å². The summed E-state index contributed by atoms with van der Waals surface area (Å²) in [6.07, 6.45) is 0. The van der Waals surface area contributed by atoms with Crippen molar-refractivity contribution < 1.29 is 22.7 Å². The van der Waals surface area contributed by atoms with Crippen molar-refractivity contribution in [3.63, 3.8) is 0 Å². The molecule has 0 aromatic heterocycles. The number of hydrogen-bond acceptors (Lipinski definition) is 6. The Bertz CT molecular complexity index is 1320. The summed E-state index contributed by atoms with van der Waals surface area (Å²) in [4.78, 5) is 24.1. The number of sulfonamides is 1. The first-order valence-corrected chi connectivity index (χ1v) is 11.4. The van der Waals surface area contributed by atoms with Gasteiger partial charge in [-0.2, -0.15) is 5.26 Å². The van der Waals surface area contributed by atoms with Crippen LogP contribution < -0.4 is 10.0 Å². The molecule has 0 aliphatic rings. The molecule has 0 fully saturated rings. The number of esters is 1. The van der Waals surface area contributed by atoms with E-state index < -0.39 is 28.5 Å². The highest BCUT2D eigenvalue weighted by Gasteiger charge is 2.21. The van der Waals surface area contributed by atoms with Crippen molar-refractivity contribution in [3.8, 4) is 6.07 Å². The minimum atomic E-state index is -4.02. The maximum atomic E-state index is 12.7. The second-order valence-corrected chi connectivity index (χ2v) is 8.91. The highest BCUT2D eigenvalue weighted by atomic mass is 35.5. The van der Waals surface area contributed by atoms with Gasteiger partial charge < -0.3 is 10.1 Å². The molecule has 3 rings (SSSR count). The summed E-state index contributed by atoms with van der Waals surface area (Å²) in [5, 5.41) is 11.3. The number of ether oxygens (including phenoxy) is 1. The lowest BCUT2D eigenvalue weighted by Crippen LogP contribution is -2.24. The number of benzene rings is 3. The second-order valence-electron chi connectivity index (χ2n) is 6.77. The highest BCUT2D eigenvalue weighted by molar-refractivity contribution is 7.89. The summed E-state index contributed by atoms with van der Waals surface area (Å²) in [6.45, 7) is -0.562. The third kappa shape index (κ3) is 6.63. The molecule has 33 heavy (non-hydrogen) atoms. The van der Waals surface area contributed by atoms with Gasteiger partial charge in [-0.25, -0.2) is 17.9 Å². The van der Waals surface area contributed by atoms with Crippen molar-refractivity contribution in [2.24, 2.45) is 0 Å². The monoisotopic (exact) mass is 483 g/mol. The molecule has 0 saturated heterocycles. The van der Waals surface area contributed by atoms with Crippen LogP contribution in [0.2, 0.25) is 5.02 Å². The maximum Gasteiger partial charge on any atom is 0.338 e. The zero-order valence-corrected chi connectivity index (χ0v) is 18.7. The number of nitrogens with one attached hydrogen (secondary N) is 2. The highest BCUT2D eigenvalue weighted by Crippen LogP contribution is 2.23. The molecule has 0 atom stereocenters. The molecule has 3 aromatic carbocycles. The molecule has 0 bridgehead atoms. The fraction of sp³-hybridized carbons (Fsp3) is 0.0870. The van der Waals surface area contributed by atoms with Gasteiger partial charge in [-0.05, 0) is 42.0 Å². The lowest BCUT2D eigenvalue weighted by Gasteiger charge is -2.11. The van der Waals surface area contributed by atoms with Gasteiger partial charge in [0.05, 0.1) is 22.2 Å². The minimum absolute atomic E-state index is 0.0430. The standard InChI is InChI=1S/C23H18ClN3O5S/c24-20-10-9-18(12-21(20)33(30,31)26-14-16-5-2-1-3-6-16)23(29)32-15-22(28)27-19-8-4-7-17(11-19)13-25/h1-12,26H,14-15H2,(H,27,28). The number of amides is 1. The molecule has 0 aliphatic heterocycles. The predicted octanol–water partition coefficient (Wildman–Crippen LogP) is 3.49. The van der Waals surface area contributed by atoms with Crippen LogP contribution in [0.5, 0.6) is 0 Å². The Morgan fingerprint density at radius 3 is 2.48 bits per heavy atom. The minimum Gasteiger partial charge on any atom is -0.452 e. The molecule has 0 radical (unpaired) electrons. The van der Waals surface area contributed by atoms with Crippen LogP contribution in [0.15, 0.2) is 77.7 Å². The maximum absolute atomic E-state index is 12.7. The third-order valence-corrected chi connectivity index (χ3v) is 6.26. The predicted molar refractivity (Wildman–Crippen MR) is 122 cm³/mol. The van der Waals surface area contributed by atoms with E-state index in [9.17, 15) is 18.0 Å². The Balaban J connectivity index is 1.64. The normalized spacial score (nSPS) is 10.8. The largest absolute Gasteiger partial charge is 0.452 e. The van der Waals surface area contributed by atoms with Crippen molar-refractivity contribution in [3.05, 3.63) is 94.5 Å². The molecule has 168 valence electrons. The number of nitrogens with zero attached hydrogens (tertiary/aromatic N) is 1. The van der Waals surface area contributed by atoms with Crippen LogP contribution in [-0.4, -0.2) is 26.9 Å². The summed E-state index contributed by atoms with van der Waals surface area (Å²) in [5.74, 6) is -1.52. The van der Waals surface area contributed by atoms with Crippen molar-refractivity contribution in [1.82, 2.24) is 4.72 Å². The molecule has 0 unspecified atom stereocenters. The molecule has 8 nitrogen and oxygen atoms in total. The van der Waals surface area contributed by atoms with Crippen LogP contribution in [0.25, 0.3) is 0 Å². The molecule has 0 saturated carbocycles. The van der Waals surface area contributed by atoms with Gasteiger partial charge in [0.1, 0.15) is 4.90 Å². The first-order valence-electron chi connectivity index (χ1n) is 9.59. The molecule has 3 aromatic rings. The molecular formula is C23H18ClN3O5S. The van der Waals surface area contributed by atoms with Crippen LogP contribution in [0.1, 0.15) is 21.5 Å². The first kappa shape index (κ1) is 23.9. The third-order valence-electron chi connectivity index (χ3n) is 4.38. The van der Waals surface area contributed by atoms with Crippen LogP contribution in [-0.2, 0) is 26.1 Å². The van der Waals surface area contributed by atoms with Gasteiger partial charge in [-0.3, -0.25) is 4.79 Å². The number of nitriles is 1. The van der Waals surface area contributed by atoms with E-state index in [1.54, 1.807) is 42.5 Å². The zero-order valence-electron chi connectivity index (χ0n) is 17.1. The Morgan fingerprint density at radius 2 is 1.76 bits per heavy atom. The van der Waals surface area contributed by atoms with E-state index in [-0.39, 0.29) is 22.0 Å². The summed E-state index contributed by atoms with van der Waals surface area (Å²) >= 11 is 6.05. The molecule has 2 N–H and O–H groups in total. The first-order chi connectivity index (χ1) is 15.8. The number of carbonyl (C=O) groups is 2. The number of halogens is 1. The fourth-order valence-electron chi connectivity index (χ4n) is 2.77. The molecule has 0 aliphatic carbocycles. The van der Waals surface area contributed by atoms with Crippen LogP contribution in [0.4, 0.5) is 5.69 Å². The molecule has 1 amide bonds. The van der Waals surface area contributed by atoms with Gasteiger partial charge >= 0.3 is 5.97 Å². The number of carbonyl (C=O) groups excluding carboxylic acids is 2. The van der Waals surface area contributed by atoms with Crippen molar-refractivity contribution in [2.75, 3.05) is 11.9 Å². The molecule has 10 heteroatoms. The smallest absolute Gasteiger partial charge is 0.338 e. The topological polar surface area (TPSA) is 125 Å². The van der Waals surface area contributed by atoms with E-state index in [2.05, 4.69) is 10.0 Å². The van der Waals surface area contributed by atoms with Crippen molar-refractivity contribution in [1.29, 1.82) is 5.26 Å². The van der Waals surface area contributed by atoms with Gasteiger partial charge in [-0.1, -0.05) is 48.0 Å². The lowest BCUT2D eigenvalue weighted by molar-refractivity contribution is -0.119. The zero-order chi connectivity index (χ0) is 23.8. The van der Waals surface area contributed by atoms with E-state index in [4.69, 9.17) is 21.6 Å². The van der Waals surface area contributed by atoms with Gasteiger partial charge in [0.25, 0.3) is 5.91 Å². The summed E-state index contributed by atoms with van der Waals surface area (Å²) in [5.41, 5.74) is 1.40. The number of hydrogen-bond donors (Lipinski definition) is 2. The summed E-state index contributed by atoms with van der Waals surface area (Å²) < 4.78 is 32.8. The summed E-state index contributed by atoms with van der Waals surface area (Å²) in [7, 11) is -4.02. The van der Waals surface area contributed by atoms with Crippen LogP contribution in [0.3, 0.4) is 0 Å². The molecule has 0 spiro atoms. The van der Waals surface area contributed by atoms with Gasteiger partial charge in [0, 0.05) is 12.2 Å². The van der Waals surface area contributed by atoms with Gasteiger partial charge in [-0.15, -0.1) is 0 Å². The number of rotatable bonds is 8. The number of anilines is 1. The van der Waals surface area contributed by atoms with Crippen molar-refractivity contribution >= 4 is 39.2 Å². The van der Waals surface area contributed by atoms with Crippen LogP contribution >= 0.6 is 11.6 Å². The Labute approximate surface area is 195 Å². The van der Waals surface area contributed by atoms with Crippen LogP contribution in [0, 0.1) is 11.3 Å². The lowest BCUT2D eigenvalue weighted by atomic mass is 10.2. The van der Waals surface area contributed by atoms with E-state index in [1.165, 1.54) is 18.2 Å². The quantitative estimate of drug-likeness (QED) is 0.472. The van der Waals surface area contributed by atoms with E-state index in [1.807, 2.05) is 12.1 Å². The van der Waals surface area contributed by atoms with E-state index in [0.717, 1.165) is 11.6 Å². The average Bonchev–Trinajstić information content (AvgIpc) is 2.82. The Morgan fingerprint density at radius 1 is 1.00 bits per heavy atom. The summed E-state index contributed by atoms with van der Waals surface area (Å²) in [6, 6.07) is 20.7. The van der Waals surface area contributed by atoms with Gasteiger partial charge in [0.2, 0.25) is 10.0 Å².